The van der Waals surface area contributed by atoms with Gasteiger partial charge in [0.15, 0.2) is 5.96 Å². The molecule has 1 aromatic heterocycles. The number of aromatic nitrogens is 1. The zero-order valence-corrected chi connectivity index (χ0v) is 20.7. The van der Waals surface area contributed by atoms with Crippen LogP contribution >= 0.6 is 35.3 Å². The molecule has 0 radical (unpaired) electrons. The third-order valence-corrected chi connectivity index (χ3v) is 6.24. The molecule has 5 nitrogen and oxygen atoms in total. The summed E-state index contributed by atoms with van der Waals surface area (Å²) in [4.78, 5) is 13.3. The van der Waals surface area contributed by atoms with E-state index in [4.69, 9.17) is 4.99 Å². The monoisotopic (exact) mass is 507 g/mol. The SMILES string of the molecule is CCNC(=NCCCCN1CCCCC1C)NCCc1nc(C)c(C)s1.I. The average molecular weight is 508 g/mol. The molecule has 0 aliphatic carbocycles. The molecule has 1 aliphatic heterocycles. The standard InChI is InChI=1S/C20H37N5S.HI/c1-5-21-20(23-13-11-19-24-17(3)18(4)26-19)22-12-7-9-15-25-14-8-6-10-16(25)2;/h16H,5-15H2,1-4H3,(H2,21,22,23);1H. The number of thiazole rings is 1. The van der Waals surface area contributed by atoms with Gasteiger partial charge < -0.3 is 15.5 Å². The second-order valence-corrected chi connectivity index (χ2v) is 8.56. The van der Waals surface area contributed by atoms with E-state index >= 15 is 0 Å². The fourth-order valence-electron chi connectivity index (χ4n) is 3.38. The van der Waals surface area contributed by atoms with Gasteiger partial charge in [-0.25, -0.2) is 4.98 Å². The van der Waals surface area contributed by atoms with Gasteiger partial charge in [0.2, 0.25) is 0 Å². The third-order valence-electron chi connectivity index (χ3n) is 5.11. The second kappa shape index (κ2) is 13.7. The smallest absolute Gasteiger partial charge is 0.191 e. The number of guanidine groups is 1. The highest BCUT2D eigenvalue weighted by atomic mass is 127. The summed E-state index contributed by atoms with van der Waals surface area (Å²) in [5, 5.41) is 7.99. The van der Waals surface area contributed by atoms with E-state index in [-0.39, 0.29) is 24.0 Å². The molecular formula is C20H38IN5S. The summed E-state index contributed by atoms with van der Waals surface area (Å²) in [5.74, 6) is 0.934. The average Bonchev–Trinajstić information content (AvgIpc) is 2.94. The quantitative estimate of drug-likeness (QED) is 0.229. The summed E-state index contributed by atoms with van der Waals surface area (Å²) in [6, 6.07) is 0.768. The highest BCUT2D eigenvalue weighted by molar-refractivity contribution is 14.0. The third kappa shape index (κ3) is 9.09. The van der Waals surface area contributed by atoms with Crippen molar-refractivity contribution < 1.29 is 0 Å². The van der Waals surface area contributed by atoms with Crippen molar-refractivity contribution in [2.45, 2.75) is 72.3 Å². The minimum absolute atomic E-state index is 0. The lowest BCUT2D eigenvalue weighted by Crippen LogP contribution is -2.38. The number of likely N-dealkylation sites (tertiary alicyclic amines) is 1. The van der Waals surface area contributed by atoms with Crippen molar-refractivity contribution >= 4 is 41.3 Å². The summed E-state index contributed by atoms with van der Waals surface area (Å²) in [7, 11) is 0. The van der Waals surface area contributed by atoms with E-state index in [0.717, 1.165) is 50.2 Å². The number of unbranched alkanes of at least 4 members (excludes halogenated alkanes) is 1. The molecule has 156 valence electrons. The van der Waals surface area contributed by atoms with Crippen LogP contribution in [0.1, 0.15) is 61.5 Å². The maximum absolute atomic E-state index is 4.73. The molecule has 7 heteroatoms. The number of hydrogen-bond donors (Lipinski definition) is 2. The summed E-state index contributed by atoms with van der Waals surface area (Å²) in [6.07, 6.45) is 7.49. The van der Waals surface area contributed by atoms with Gasteiger partial charge >= 0.3 is 0 Å². The Morgan fingerprint density at radius 1 is 1.26 bits per heavy atom. The summed E-state index contributed by atoms with van der Waals surface area (Å²) < 4.78 is 0. The van der Waals surface area contributed by atoms with E-state index in [1.165, 1.54) is 48.7 Å². The number of nitrogens with zero attached hydrogens (tertiary/aromatic N) is 3. The first-order valence-electron chi connectivity index (χ1n) is 10.3. The van der Waals surface area contributed by atoms with Gasteiger partial charge in [0.1, 0.15) is 0 Å². The molecule has 2 rings (SSSR count). The molecule has 1 aliphatic rings. The van der Waals surface area contributed by atoms with Crippen LogP contribution in [0.4, 0.5) is 0 Å². The Balaban J connectivity index is 0.00000364. The fourth-order valence-corrected chi connectivity index (χ4v) is 4.32. The van der Waals surface area contributed by atoms with Gasteiger partial charge in [-0.1, -0.05) is 6.42 Å². The maximum atomic E-state index is 4.73. The van der Waals surface area contributed by atoms with E-state index in [2.05, 4.69) is 48.2 Å². The number of aliphatic imine (C=N–C) groups is 1. The van der Waals surface area contributed by atoms with Crippen LogP contribution in [-0.2, 0) is 6.42 Å². The lowest BCUT2D eigenvalue weighted by atomic mass is 10.0. The molecule has 0 saturated carbocycles. The van der Waals surface area contributed by atoms with Crippen LogP contribution in [0.2, 0.25) is 0 Å². The summed E-state index contributed by atoms with van der Waals surface area (Å²) >= 11 is 1.80. The molecule has 1 saturated heterocycles. The lowest BCUT2D eigenvalue weighted by molar-refractivity contribution is 0.158. The van der Waals surface area contributed by atoms with Crippen molar-refractivity contribution in [3.63, 3.8) is 0 Å². The second-order valence-electron chi connectivity index (χ2n) is 7.27. The van der Waals surface area contributed by atoms with Gasteiger partial charge in [0.05, 0.1) is 10.7 Å². The van der Waals surface area contributed by atoms with E-state index in [0.29, 0.717) is 0 Å². The van der Waals surface area contributed by atoms with Crippen LogP contribution in [0.5, 0.6) is 0 Å². The Morgan fingerprint density at radius 3 is 2.74 bits per heavy atom. The molecule has 2 heterocycles. The molecule has 1 aromatic rings. The molecule has 27 heavy (non-hydrogen) atoms. The molecule has 0 spiro atoms. The van der Waals surface area contributed by atoms with Gasteiger partial charge in [0.25, 0.3) is 0 Å². The molecule has 0 aromatic carbocycles. The van der Waals surface area contributed by atoms with Crippen LogP contribution < -0.4 is 10.6 Å². The Morgan fingerprint density at radius 2 is 2.07 bits per heavy atom. The van der Waals surface area contributed by atoms with Crippen LogP contribution in [0.25, 0.3) is 0 Å². The summed E-state index contributed by atoms with van der Waals surface area (Å²) in [5.41, 5.74) is 1.16. The number of piperidine rings is 1. The van der Waals surface area contributed by atoms with Crippen molar-refractivity contribution in [1.82, 2.24) is 20.5 Å². The predicted octanol–water partition coefficient (Wildman–Crippen LogP) is 4.13. The Hall–Kier alpha value is -0.410. The van der Waals surface area contributed by atoms with Crippen molar-refractivity contribution in [1.29, 1.82) is 0 Å². The zero-order valence-electron chi connectivity index (χ0n) is 17.5. The van der Waals surface area contributed by atoms with Crippen LogP contribution in [0.15, 0.2) is 4.99 Å². The first-order chi connectivity index (χ1) is 12.6. The van der Waals surface area contributed by atoms with Crippen molar-refractivity contribution in [3.8, 4) is 0 Å². The van der Waals surface area contributed by atoms with Gasteiger partial charge in [-0.05, 0) is 66.5 Å². The minimum Gasteiger partial charge on any atom is -0.357 e. The molecule has 1 fully saturated rings. The molecule has 1 unspecified atom stereocenters. The number of nitrogens with one attached hydrogen (secondary N) is 2. The van der Waals surface area contributed by atoms with Crippen molar-refractivity contribution in [3.05, 3.63) is 15.6 Å². The van der Waals surface area contributed by atoms with Gasteiger partial charge in [-0.3, -0.25) is 4.99 Å². The molecule has 0 bridgehead atoms. The normalized spacial score (nSPS) is 18.2. The van der Waals surface area contributed by atoms with Crippen molar-refractivity contribution in [2.24, 2.45) is 4.99 Å². The number of rotatable bonds is 9. The van der Waals surface area contributed by atoms with Gasteiger partial charge in [0, 0.05) is 37.0 Å². The van der Waals surface area contributed by atoms with E-state index in [1.54, 1.807) is 11.3 Å². The molecule has 1 atom stereocenters. The number of halogens is 1. The highest BCUT2D eigenvalue weighted by Gasteiger charge is 2.16. The molecule has 0 amide bonds. The zero-order chi connectivity index (χ0) is 18.8. The molecular weight excluding hydrogens is 469 g/mol. The van der Waals surface area contributed by atoms with E-state index in [9.17, 15) is 0 Å². The minimum atomic E-state index is 0. The predicted molar refractivity (Wildman–Crippen MR) is 129 cm³/mol. The Kier molecular flexibility index (Phi) is 12.5. The van der Waals surface area contributed by atoms with Crippen molar-refractivity contribution in [2.75, 3.05) is 32.7 Å². The van der Waals surface area contributed by atoms with Gasteiger partial charge in [-0.2, -0.15) is 0 Å². The van der Waals surface area contributed by atoms with E-state index < -0.39 is 0 Å². The molecule has 2 N–H and O–H groups in total. The first kappa shape index (κ1) is 24.6. The van der Waals surface area contributed by atoms with Gasteiger partial charge in [-0.15, -0.1) is 35.3 Å². The number of aryl methyl sites for hydroxylation is 2. The topological polar surface area (TPSA) is 52.6 Å². The first-order valence-corrected chi connectivity index (χ1v) is 11.1. The highest BCUT2D eigenvalue weighted by Crippen LogP contribution is 2.17. The van der Waals surface area contributed by atoms with E-state index in [1.807, 2.05) is 0 Å². The Labute approximate surface area is 186 Å². The summed E-state index contributed by atoms with van der Waals surface area (Å²) in [6.45, 7) is 13.9. The Bertz CT molecular complexity index is 541. The number of hydrogen-bond acceptors (Lipinski definition) is 4. The van der Waals surface area contributed by atoms with Crippen LogP contribution in [0, 0.1) is 13.8 Å². The van der Waals surface area contributed by atoms with Crippen LogP contribution in [-0.4, -0.2) is 54.6 Å². The van der Waals surface area contributed by atoms with Crippen LogP contribution in [0.3, 0.4) is 0 Å². The lowest BCUT2D eigenvalue weighted by Gasteiger charge is -2.33. The largest absolute Gasteiger partial charge is 0.357 e. The fraction of sp³-hybridized carbons (Fsp3) is 0.800. The maximum Gasteiger partial charge on any atom is 0.191 e.